The molecule has 148 valence electrons. The fraction of sp³-hybridized carbons (Fsp3) is 0.667. The molecule has 2 heteroatoms. The van der Waals surface area contributed by atoms with Gasteiger partial charge in [-0.1, -0.05) is 101 Å². The minimum atomic E-state index is 0.261. The molecule has 0 spiro atoms. The predicted molar refractivity (Wildman–Crippen MR) is 112 cm³/mol. The zero-order valence-corrected chi connectivity index (χ0v) is 16.9. The van der Waals surface area contributed by atoms with Crippen molar-refractivity contribution in [1.82, 2.24) is 0 Å². The Labute approximate surface area is 161 Å². The monoisotopic (exact) mass is 360 g/mol. The molecule has 0 aliphatic carbocycles. The maximum atomic E-state index is 8.94. The van der Waals surface area contributed by atoms with E-state index >= 15 is 0 Å². The van der Waals surface area contributed by atoms with Crippen molar-refractivity contribution < 1.29 is 9.84 Å². The van der Waals surface area contributed by atoms with Gasteiger partial charge in [-0.05, 0) is 30.7 Å². The van der Waals surface area contributed by atoms with E-state index in [9.17, 15) is 0 Å². The molecule has 0 fully saturated rings. The molecule has 2 nitrogen and oxygen atoms in total. The van der Waals surface area contributed by atoms with E-state index in [1.54, 1.807) is 0 Å². The van der Waals surface area contributed by atoms with Crippen molar-refractivity contribution in [2.24, 2.45) is 5.92 Å². The highest BCUT2D eigenvalue weighted by molar-refractivity contribution is 5.13. The Balaban J connectivity index is 1.74. The molecule has 26 heavy (non-hydrogen) atoms. The van der Waals surface area contributed by atoms with Gasteiger partial charge in [0.25, 0.3) is 0 Å². The number of rotatable bonds is 17. The van der Waals surface area contributed by atoms with Crippen LogP contribution in [0.3, 0.4) is 0 Å². The minimum absolute atomic E-state index is 0.261. The van der Waals surface area contributed by atoms with Crippen LogP contribution in [0, 0.1) is 5.92 Å². The summed E-state index contributed by atoms with van der Waals surface area (Å²) in [6.07, 6.45) is 18.9. The zero-order valence-electron chi connectivity index (χ0n) is 16.9. The Morgan fingerprint density at radius 3 is 2.04 bits per heavy atom. The summed E-state index contributed by atoms with van der Waals surface area (Å²) in [6.45, 7) is 3.95. The van der Waals surface area contributed by atoms with Crippen LogP contribution in [0.15, 0.2) is 42.5 Å². The second-order valence-corrected chi connectivity index (χ2v) is 7.45. The van der Waals surface area contributed by atoms with Crippen LogP contribution in [0.1, 0.15) is 83.1 Å². The third-order valence-electron chi connectivity index (χ3n) is 4.77. The van der Waals surface area contributed by atoms with E-state index in [4.69, 9.17) is 9.84 Å². The molecular weight excluding hydrogens is 320 g/mol. The van der Waals surface area contributed by atoms with Gasteiger partial charge in [-0.3, -0.25) is 0 Å². The van der Waals surface area contributed by atoms with Crippen LogP contribution in [0.25, 0.3) is 0 Å². The molecule has 0 aliphatic rings. The molecule has 0 saturated carbocycles. The Bertz CT molecular complexity index is 427. The van der Waals surface area contributed by atoms with Crippen LogP contribution in [0.5, 0.6) is 0 Å². The van der Waals surface area contributed by atoms with Gasteiger partial charge in [0.2, 0.25) is 0 Å². The van der Waals surface area contributed by atoms with E-state index in [2.05, 4.69) is 36.4 Å². The molecule has 1 N–H and O–H groups in total. The second kappa shape index (κ2) is 17.3. The fourth-order valence-electron chi connectivity index (χ4n) is 3.03. The van der Waals surface area contributed by atoms with Gasteiger partial charge < -0.3 is 9.84 Å². The average Bonchev–Trinajstić information content (AvgIpc) is 2.68. The number of aliphatic hydroxyl groups is 1. The molecule has 1 unspecified atom stereocenters. The highest BCUT2D eigenvalue weighted by Crippen LogP contribution is 2.12. The van der Waals surface area contributed by atoms with Crippen molar-refractivity contribution in [2.75, 3.05) is 13.2 Å². The van der Waals surface area contributed by atoms with E-state index in [1.165, 1.54) is 69.8 Å². The standard InChI is InChI=1S/C24H40O2/c1-23(21-25)17-13-10-8-6-4-2-3-5-7-9-11-16-20-26-22-24-18-14-12-15-19-24/h12-15,17-19,23,25H,2-11,16,20-22H2,1H3. The smallest absolute Gasteiger partial charge is 0.0716 e. The molecular formula is C24H40O2. The first-order valence-electron chi connectivity index (χ1n) is 10.7. The van der Waals surface area contributed by atoms with Crippen LogP contribution < -0.4 is 0 Å². The molecule has 0 heterocycles. The van der Waals surface area contributed by atoms with Crippen molar-refractivity contribution in [1.29, 1.82) is 0 Å². The maximum absolute atomic E-state index is 8.94. The molecule has 0 aliphatic heterocycles. The SMILES string of the molecule is CC(C=CCCCCCCCCCCCCOCc1ccccc1)CO. The van der Waals surface area contributed by atoms with Crippen molar-refractivity contribution in [3.63, 3.8) is 0 Å². The van der Waals surface area contributed by atoms with Crippen LogP contribution in [0.4, 0.5) is 0 Å². The lowest BCUT2D eigenvalue weighted by Gasteiger charge is -2.05. The van der Waals surface area contributed by atoms with Crippen molar-refractivity contribution in [2.45, 2.75) is 84.2 Å². The molecule has 1 atom stereocenters. The quantitative estimate of drug-likeness (QED) is 0.248. The first kappa shape index (κ1) is 22.9. The van der Waals surface area contributed by atoms with Gasteiger partial charge in [0.05, 0.1) is 6.61 Å². The number of ether oxygens (including phenoxy) is 1. The van der Waals surface area contributed by atoms with Gasteiger partial charge in [0, 0.05) is 13.2 Å². The van der Waals surface area contributed by atoms with Gasteiger partial charge in [0.15, 0.2) is 0 Å². The molecule has 0 radical (unpaired) electrons. The predicted octanol–water partition coefficient (Wildman–Crippen LogP) is 6.68. The molecule has 0 amide bonds. The van der Waals surface area contributed by atoms with Crippen molar-refractivity contribution in [3.05, 3.63) is 48.0 Å². The molecule has 0 aromatic heterocycles. The van der Waals surface area contributed by atoms with E-state index in [1.807, 2.05) is 13.0 Å². The third-order valence-corrected chi connectivity index (χ3v) is 4.77. The number of allylic oxidation sites excluding steroid dienone is 1. The minimum Gasteiger partial charge on any atom is -0.396 e. The normalized spacial score (nSPS) is 12.7. The first-order valence-corrected chi connectivity index (χ1v) is 10.7. The summed E-state index contributed by atoms with van der Waals surface area (Å²) in [7, 11) is 0. The first-order chi connectivity index (χ1) is 12.8. The van der Waals surface area contributed by atoms with E-state index < -0.39 is 0 Å². The highest BCUT2D eigenvalue weighted by Gasteiger charge is 1.95. The Morgan fingerprint density at radius 1 is 0.846 bits per heavy atom. The third kappa shape index (κ3) is 14.1. The van der Waals surface area contributed by atoms with Crippen LogP contribution >= 0.6 is 0 Å². The number of benzene rings is 1. The van der Waals surface area contributed by atoms with Gasteiger partial charge in [-0.2, -0.15) is 0 Å². The summed E-state index contributed by atoms with van der Waals surface area (Å²) in [5.41, 5.74) is 1.27. The lowest BCUT2D eigenvalue weighted by Crippen LogP contribution is -1.95. The lowest BCUT2D eigenvalue weighted by atomic mass is 10.1. The summed E-state index contributed by atoms with van der Waals surface area (Å²) >= 11 is 0. The van der Waals surface area contributed by atoms with Gasteiger partial charge in [-0.25, -0.2) is 0 Å². The van der Waals surface area contributed by atoms with Gasteiger partial charge in [0.1, 0.15) is 0 Å². The second-order valence-electron chi connectivity index (χ2n) is 7.45. The van der Waals surface area contributed by atoms with E-state index in [0.29, 0.717) is 5.92 Å². The summed E-state index contributed by atoms with van der Waals surface area (Å²) in [5, 5.41) is 8.94. The Kier molecular flexibility index (Phi) is 15.3. The maximum Gasteiger partial charge on any atom is 0.0716 e. The van der Waals surface area contributed by atoms with Gasteiger partial charge in [-0.15, -0.1) is 0 Å². The molecule has 0 bridgehead atoms. The van der Waals surface area contributed by atoms with E-state index in [-0.39, 0.29) is 6.61 Å². The summed E-state index contributed by atoms with van der Waals surface area (Å²) in [5.74, 6) is 0.311. The van der Waals surface area contributed by atoms with E-state index in [0.717, 1.165) is 19.6 Å². The lowest BCUT2D eigenvalue weighted by molar-refractivity contribution is 0.116. The zero-order chi connectivity index (χ0) is 18.7. The summed E-state index contributed by atoms with van der Waals surface area (Å²) in [4.78, 5) is 0. The number of aliphatic hydroxyl groups excluding tert-OH is 1. The molecule has 1 rings (SSSR count). The fourth-order valence-corrected chi connectivity index (χ4v) is 3.03. The summed E-state index contributed by atoms with van der Waals surface area (Å²) < 4.78 is 5.72. The summed E-state index contributed by atoms with van der Waals surface area (Å²) in [6, 6.07) is 10.4. The average molecular weight is 361 g/mol. The molecule has 0 saturated heterocycles. The number of hydrogen-bond acceptors (Lipinski definition) is 2. The molecule has 1 aromatic carbocycles. The highest BCUT2D eigenvalue weighted by atomic mass is 16.5. The van der Waals surface area contributed by atoms with Crippen LogP contribution in [-0.2, 0) is 11.3 Å². The topological polar surface area (TPSA) is 29.5 Å². The number of unbranched alkanes of at least 4 members (excludes halogenated alkanes) is 10. The van der Waals surface area contributed by atoms with Crippen LogP contribution in [-0.4, -0.2) is 18.3 Å². The Morgan fingerprint density at radius 2 is 1.42 bits per heavy atom. The Hall–Kier alpha value is -1.12. The van der Waals surface area contributed by atoms with Gasteiger partial charge >= 0.3 is 0 Å². The van der Waals surface area contributed by atoms with Crippen LogP contribution in [0.2, 0.25) is 0 Å². The number of hydrogen-bond donors (Lipinski definition) is 1. The van der Waals surface area contributed by atoms with Crippen molar-refractivity contribution >= 4 is 0 Å². The molecule has 1 aromatic rings. The van der Waals surface area contributed by atoms with Crippen molar-refractivity contribution in [3.8, 4) is 0 Å². The largest absolute Gasteiger partial charge is 0.396 e.